The zero-order valence-corrected chi connectivity index (χ0v) is 25.4. The Morgan fingerprint density at radius 3 is 2.31 bits per heavy atom. The lowest BCUT2D eigenvalue weighted by molar-refractivity contribution is -0.130. The van der Waals surface area contributed by atoms with Gasteiger partial charge in [0.05, 0.1) is 12.7 Å². The van der Waals surface area contributed by atoms with Gasteiger partial charge in [0, 0.05) is 63.6 Å². The summed E-state index contributed by atoms with van der Waals surface area (Å²) in [5.74, 6) is 0.863. The van der Waals surface area contributed by atoms with E-state index in [0.29, 0.717) is 38.9 Å². The molecule has 10 nitrogen and oxygen atoms in total. The maximum atomic E-state index is 13.1. The van der Waals surface area contributed by atoms with E-state index in [0.717, 1.165) is 55.5 Å². The Hall–Kier alpha value is -3.47. The lowest BCUT2D eigenvalue weighted by atomic mass is 10.0. The fraction of sp³-hybridized carbons (Fsp3) is 0.531. The summed E-state index contributed by atoms with van der Waals surface area (Å²) in [5.41, 5.74) is 10.8. The molecule has 2 aromatic carbocycles. The van der Waals surface area contributed by atoms with Gasteiger partial charge in [0.2, 0.25) is 11.8 Å². The van der Waals surface area contributed by atoms with Crippen LogP contribution in [0.5, 0.6) is 0 Å². The normalized spacial score (nSPS) is 25.6. The largest absolute Gasteiger partial charge is 0.370 e. The Kier molecular flexibility index (Phi) is 11.7. The van der Waals surface area contributed by atoms with E-state index in [1.165, 1.54) is 5.56 Å². The SMILES string of the molecule is CCN=C1CC(N)Nc2cccc(c2)CN2CCN(CC2)CC(=O)NC(CC(C)C)C(=O)NCCc2cccc(c2)N1. The van der Waals surface area contributed by atoms with Crippen LogP contribution in [0.2, 0.25) is 0 Å². The van der Waals surface area contributed by atoms with Crippen molar-refractivity contribution in [1.29, 1.82) is 0 Å². The van der Waals surface area contributed by atoms with Crippen LogP contribution in [0.3, 0.4) is 0 Å². The van der Waals surface area contributed by atoms with Crippen molar-refractivity contribution in [1.82, 2.24) is 20.4 Å². The predicted octanol–water partition coefficient (Wildman–Crippen LogP) is 2.62. The molecule has 3 aliphatic rings. The number of amidine groups is 1. The summed E-state index contributed by atoms with van der Waals surface area (Å²) in [6.45, 7) is 11.8. The van der Waals surface area contributed by atoms with E-state index in [4.69, 9.17) is 5.73 Å². The Labute approximate surface area is 250 Å². The molecule has 0 saturated carbocycles. The first-order valence-corrected chi connectivity index (χ1v) is 15.3. The number of nitrogens with one attached hydrogen (secondary N) is 4. The average molecular weight is 577 g/mol. The molecule has 0 spiro atoms. The number of benzene rings is 2. The van der Waals surface area contributed by atoms with Crippen LogP contribution in [-0.2, 0) is 22.6 Å². The first-order chi connectivity index (χ1) is 20.3. The van der Waals surface area contributed by atoms with E-state index < -0.39 is 6.04 Å². The lowest BCUT2D eigenvalue weighted by Gasteiger charge is -2.34. The molecule has 2 aromatic rings. The summed E-state index contributed by atoms with van der Waals surface area (Å²) >= 11 is 0. The van der Waals surface area contributed by atoms with Gasteiger partial charge < -0.3 is 27.0 Å². The highest BCUT2D eigenvalue weighted by molar-refractivity contribution is 5.96. The third kappa shape index (κ3) is 10.1. The van der Waals surface area contributed by atoms with Gasteiger partial charge in [-0.2, -0.15) is 0 Å². The molecule has 1 saturated heterocycles. The molecule has 2 unspecified atom stereocenters. The third-order valence-corrected chi connectivity index (χ3v) is 7.57. The number of nitrogens with two attached hydrogens (primary N) is 1. The molecule has 3 aliphatic heterocycles. The van der Waals surface area contributed by atoms with E-state index in [1.54, 1.807) is 0 Å². The number of carbonyl (C=O) groups excluding carboxylic acids is 2. The van der Waals surface area contributed by atoms with Crippen LogP contribution in [-0.4, -0.2) is 85.5 Å². The molecule has 2 atom stereocenters. The second-order valence-electron chi connectivity index (χ2n) is 11.7. The molecular weight excluding hydrogens is 528 g/mol. The number of aliphatic imine (C=N–C) groups is 1. The molecule has 228 valence electrons. The minimum absolute atomic E-state index is 0.0999. The summed E-state index contributed by atoms with van der Waals surface area (Å²) in [6.07, 6.45) is 1.50. The number of rotatable bonds is 3. The molecule has 0 aromatic heterocycles. The van der Waals surface area contributed by atoms with Gasteiger partial charge in [0.15, 0.2) is 0 Å². The van der Waals surface area contributed by atoms with Gasteiger partial charge in [0.1, 0.15) is 11.9 Å². The molecule has 6 N–H and O–H groups in total. The highest BCUT2D eigenvalue weighted by Gasteiger charge is 2.24. The van der Waals surface area contributed by atoms with Crippen molar-refractivity contribution in [3.05, 3.63) is 59.7 Å². The Bertz CT molecular complexity index is 1210. The van der Waals surface area contributed by atoms with Crippen LogP contribution in [0.15, 0.2) is 53.5 Å². The zero-order chi connectivity index (χ0) is 29.9. The van der Waals surface area contributed by atoms with Gasteiger partial charge >= 0.3 is 0 Å². The van der Waals surface area contributed by atoms with Crippen molar-refractivity contribution in [2.75, 3.05) is 56.4 Å². The molecule has 2 amide bonds. The summed E-state index contributed by atoms with van der Waals surface area (Å²) in [5, 5.41) is 13.0. The van der Waals surface area contributed by atoms with Crippen LogP contribution in [0.25, 0.3) is 0 Å². The van der Waals surface area contributed by atoms with Crippen LogP contribution in [0, 0.1) is 5.92 Å². The Balaban J connectivity index is 1.52. The minimum Gasteiger partial charge on any atom is -0.370 e. The number of fused-ring (bicyclic) bond motifs is 13. The minimum atomic E-state index is -0.546. The van der Waals surface area contributed by atoms with Crippen LogP contribution >= 0.6 is 0 Å². The van der Waals surface area contributed by atoms with E-state index >= 15 is 0 Å². The number of anilines is 2. The fourth-order valence-electron chi connectivity index (χ4n) is 5.51. The standard InChI is InChI=1S/C32H48N8O2/c1-4-34-30-20-29(33)36-26-9-6-8-25(19-26)21-39-13-15-40(16-14-39)22-31(41)38-28(17-23(2)3)32(42)35-12-11-24-7-5-10-27(18-24)37-30/h5-10,18-19,23,28-29,36H,4,11-17,20-22,33H2,1-3H3,(H,34,37)(H,35,42)(H,38,41). The topological polar surface area (TPSA) is 127 Å². The molecule has 42 heavy (non-hydrogen) atoms. The van der Waals surface area contributed by atoms with Gasteiger partial charge in [-0.25, -0.2) is 0 Å². The lowest BCUT2D eigenvalue weighted by Crippen LogP contribution is -2.53. The number of hydrogen-bond donors (Lipinski definition) is 5. The second-order valence-corrected chi connectivity index (χ2v) is 11.7. The van der Waals surface area contributed by atoms with E-state index in [9.17, 15) is 9.59 Å². The van der Waals surface area contributed by atoms with Gasteiger partial charge in [-0.15, -0.1) is 0 Å². The molecule has 5 rings (SSSR count). The molecule has 3 heterocycles. The van der Waals surface area contributed by atoms with Crippen LogP contribution in [0.1, 0.15) is 44.7 Å². The average Bonchev–Trinajstić information content (AvgIpc) is 2.93. The van der Waals surface area contributed by atoms with Crippen molar-refractivity contribution in [3.8, 4) is 0 Å². The maximum Gasteiger partial charge on any atom is 0.242 e. The Morgan fingerprint density at radius 1 is 0.929 bits per heavy atom. The highest BCUT2D eigenvalue weighted by Crippen LogP contribution is 2.17. The highest BCUT2D eigenvalue weighted by atomic mass is 16.2. The van der Waals surface area contributed by atoms with E-state index in [1.807, 2.05) is 31.2 Å². The fourth-order valence-corrected chi connectivity index (χ4v) is 5.51. The summed E-state index contributed by atoms with van der Waals surface area (Å²) < 4.78 is 0. The van der Waals surface area contributed by atoms with Crippen molar-refractivity contribution in [2.24, 2.45) is 16.6 Å². The third-order valence-electron chi connectivity index (χ3n) is 7.57. The van der Waals surface area contributed by atoms with E-state index in [-0.39, 0.29) is 23.9 Å². The van der Waals surface area contributed by atoms with E-state index in [2.05, 4.69) is 74.2 Å². The van der Waals surface area contributed by atoms with Gasteiger partial charge in [-0.1, -0.05) is 38.1 Å². The summed E-state index contributed by atoms with van der Waals surface area (Å²) in [7, 11) is 0. The van der Waals surface area contributed by atoms with Crippen LogP contribution in [0.4, 0.5) is 11.4 Å². The Morgan fingerprint density at radius 2 is 1.60 bits per heavy atom. The number of hydrogen-bond acceptors (Lipinski definition) is 7. The second kappa shape index (κ2) is 15.7. The summed E-state index contributed by atoms with van der Waals surface area (Å²) in [6, 6.07) is 16.0. The van der Waals surface area contributed by atoms with Crippen LogP contribution < -0.4 is 27.0 Å². The number of nitrogens with zero attached hydrogens (tertiary/aromatic N) is 3. The van der Waals surface area contributed by atoms with Crippen molar-refractivity contribution >= 4 is 29.0 Å². The predicted molar refractivity (Wildman–Crippen MR) is 171 cm³/mol. The maximum absolute atomic E-state index is 13.1. The molecule has 0 radical (unpaired) electrons. The summed E-state index contributed by atoms with van der Waals surface area (Å²) in [4.78, 5) is 35.3. The smallest absolute Gasteiger partial charge is 0.242 e. The van der Waals surface area contributed by atoms with Gasteiger partial charge in [-0.05, 0) is 61.1 Å². The molecular formula is C32H48N8O2. The number of amides is 2. The van der Waals surface area contributed by atoms with Crippen molar-refractivity contribution in [3.63, 3.8) is 0 Å². The first kappa shape index (κ1) is 31.5. The molecule has 1 fully saturated rings. The zero-order valence-electron chi connectivity index (χ0n) is 25.4. The monoisotopic (exact) mass is 576 g/mol. The number of piperazine rings is 1. The molecule has 0 aliphatic carbocycles. The first-order valence-electron chi connectivity index (χ1n) is 15.3. The molecule has 10 heteroatoms. The number of carbonyl (C=O) groups is 2. The quantitative estimate of drug-likeness (QED) is 0.380. The van der Waals surface area contributed by atoms with Crippen molar-refractivity contribution < 1.29 is 9.59 Å². The van der Waals surface area contributed by atoms with Gasteiger partial charge in [0.25, 0.3) is 0 Å². The van der Waals surface area contributed by atoms with Crippen molar-refractivity contribution in [2.45, 2.75) is 58.8 Å². The van der Waals surface area contributed by atoms with Gasteiger partial charge in [-0.3, -0.25) is 24.4 Å². The molecule has 6 bridgehead atoms.